The summed E-state index contributed by atoms with van der Waals surface area (Å²) in [5.41, 5.74) is 3.13. The molecular weight excluding hydrogens is 210 g/mol. The van der Waals surface area contributed by atoms with E-state index in [1.165, 1.54) is 5.56 Å². The number of benzene rings is 2. The first kappa shape index (κ1) is 9.90. The van der Waals surface area contributed by atoms with E-state index in [1.54, 1.807) is 4.68 Å². The first-order valence-corrected chi connectivity index (χ1v) is 5.60. The van der Waals surface area contributed by atoms with Gasteiger partial charge in [0.1, 0.15) is 5.82 Å². The smallest absolute Gasteiger partial charge is 0.132 e. The van der Waals surface area contributed by atoms with Crippen molar-refractivity contribution in [3.63, 3.8) is 0 Å². The Morgan fingerprint density at radius 2 is 1.65 bits per heavy atom. The van der Waals surface area contributed by atoms with Crippen molar-refractivity contribution in [2.45, 2.75) is 6.42 Å². The zero-order valence-corrected chi connectivity index (χ0v) is 9.38. The number of nitrogens with two attached hydrogens (primary N) is 1. The van der Waals surface area contributed by atoms with E-state index >= 15 is 0 Å². The van der Waals surface area contributed by atoms with Gasteiger partial charge in [-0.05, 0) is 17.7 Å². The molecule has 1 aromatic heterocycles. The lowest BCUT2D eigenvalue weighted by molar-refractivity contribution is 0.898. The van der Waals surface area contributed by atoms with Gasteiger partial charge in [-0.15, -0.1) is 0 Å². The molecule has 0 unspecified atom stereocenters. The Bertz CT molecular complexity index is 641. The highest BCUT2D eigenvalue weighted by Gasteiger charge is 2.07. The molecule has 2 aromatic carbocycles. The lowest BCUT2D eigenvalue weighted by Crippen LogP contribution is -2.12. The molecule has 3 aromatic rings. The van der Waals surface area contributed by atoms with Crippen LogP contribution in [0.1, 0.15) is 11.4 Å². The van der Waals surface area contributed by atoms with Gasteiger partial charge < -0.3 is 5.84 Å². The fraction of sp³-hybridized carbons (Fsp3) is 0.0714. The summed E-state index contributed by atoms with van der Waals surface area (Å²) >= 11 is 0. The summed E-state index contributed by atoms with van der Waals surface area (Å²) in [5, 5.41) is 0. The van der Waals surface area contributed by atoms with Crippen LogP contribution < -0.4 is 5.84 Å². The van der Waals surface area contributed by atoms with Crippen LogP contribution in [-0.2, 0) is 6.42 Å². The maximum Gasteiger partial charge on any atom is 0.132 e. The van der Waals surface area contributed by atoms with Crippen LogP contribution in [0.3, 0.4) is 0 Å². The first-order valence-electron chi connectivity index (χ1n) is 5.60. The topological polar surface area (TPSA) is 43.8 Å². The van der Waals surface area contributed by atoms with Crippen molar-refractivity contribution in [3.05, 3.63) is 66.0 Å². The lowest BCUT2D eigenvalue weighted by Gasteiger charge is -2.02. The molecule has 84 valence electrons. The third-order valence-corrected chi connectivity index (χ3v) is 2.87. The summed E-state index contributed by atoms with van der Waals surface area (Å²) in [6, 6.07) is 18.1. The van der Waals surface area contributed by atoms with Crippen molar-refractivity contribution in [1.82, 2.24) is 9.66 Å². The number of rotatable bonds is 2. The monoisotopic (exact) mass is 223 g/mol. The van der Waals surface area contributed by atoms with Gasteiger partial charge in [0, 0.05) is 6.42 Å². The Hall–Kier alpha value is -2.29. The molecule has 0 aliphatic rings. The van der Waals surface area contributed by atoms with E-state index in [0.29, 0.717) is 0 Å². The highest BCUT2D eigenvalue weighted by Crippen LogP contribution is 2.15. The standard InChI is InChI=1S/C14H13N3/c15-17-13-9-5-4-8-12(13)16-14(17)10-11-6-2-1-3-7-11/h1-9H,10,15H2. The number of nitrogens with zero attached hydrogens (tertiary/aromatic N) is 2. The Balaban J connectivity index is 2.04. The van der Waals surface area contributed by atoms with Crippen molar-refractivity contribution >= 4 is 11.0 Å². The second kappa shape index (κ2) is 3.94. The number of nitrogen functional groups attached to an aromatic ring is 1. The summed E-state index contributed by atoms with van der Waals surface area (Å²) in [6.45, 7) is 0. The molecule has 3 rings (SSSR count). The van der Waals surface area contributed by atoms with Crippen LogP contribution >= 0.6 is 0 Å². The van der Waals surface area contributed by atoms with Crippen molar-refractivity contribution in [3.8, 4) is 0 Å². The van der Waals surface area contributed by atoms with Gasteiger partial charge in [-0.2, -0.15) is 0 Å². The van der Waals surface area contributed by atoms with E-state index in [-0.39, 0.29) is 0 Å². The summed E-state index contributed by atoms with van der Waals surface area (Å²) in [6.07, 6.45) is 0.756. The van der Waals surface area contributed by atoms with E-state index in [4.69, 9.17) is 5.84 Å². The maximum absolute atomic E-state index is 6.04. The quantitative estimate of drug-likeness (QED) is 0.678. The van der Waals surface area contributed by atoms with Crippen molar-refractivity contribution < 1.29 is 0 Å². The van der Waals surface area contributed by atoms with Crippen LogP contribution in [-0.4, -0.2) is 9.66 Å². The molecule has 3 nitrogen and oxygen atoms in total. The van der Waals surface area contributed by atoms with Crippen molar-refractivity contribution in [2.24, 2.45) is 0 Å². The van der Waals surface area contributed by atoms with Gasteiger partial charge >= 0.3 is 0 Å². The number of imidazole rings is 1. The number of para-hydroxylation sites is 2. The average Bonchev–Trinajstić information content (AvgIpc) is 2.68. The average molecular weight is 223 g/mol. The molecule has 3 heteroatoms. The van der Waals surface area contributed by atoms with Gasteiger partial charge in [-0.3, -0.25) is 0 Å². The molecule has 0 radical (unpaired) electrons. The summed E-state index contributed by atoms with van der Waals surface area (Å²) < 4.78 is 1.67. The molecule has 0 bridgehead atoms. The minimum Gasteiger partial charge on any atom is -0.337 e. The highest BCUT2D eigenvalue weighted by atomic mass is 15.3. The highest BCUT2D eigenvalue weighted by molar-refractivity contribution is 5.76. The molecule has 0 atom stereocenters. The van der Waals surface area contributed by atoms with Gasteiger partial charge in [0.05, 0.1) is 11.0 Å². The summed E-state index contributed by atoms with van der Waals surface area (Å²) in [5.74, 6) is 6.93. The van der Waals surface area contributed by atoms with Crippen LogP contribution in [0.5, 0.6) is 0 Å². The van der Waals surface area contributed by atoms with Gasteiger partial charge in [0.2, 0.25) is 0 Å². The fourth-order valence-electron chi connectivity index (χ4n) is 2.00. The van der Waals surface area contributed by atoms with Crippen LogP contribution in [0.4, 0.5) is 0 Å². The zero-order chi connectivity index (χ0) is 11.7. The number of aromatic nitrogens is 2. The first-order chi connectivity index (χ1) is 8.34. The lowest BCUT2D eigenvalue weighted by atomic mass is 10.1. The fourth-order valence-corrected chi connectivity index (χ4v) is 2.00. The molecule has 0 saturated heterocycles. The molecule has 0 aliphatic heterocycles. The van der Waals surface area contributed by atoms with Gasteiger partial charge in [0.15, 0.2) is 0 Å². The van der Waals surface area contributed by atoms with Crippen molar-refractivity contribution in [2.75, 3.05) is 5.84 Å². The molecule has 0 fully saturated rings. The van der Waals surface area contributed by atoms with Gasteiger partial charge in [-0.25, -0.2) is 9.66 Å². The number of hydrogen-bond donors (Lipinski definition) is 1. The third-order valence-electron chi connectivity index (χ3n) is 2.87. The molecule has 1 heterocycles. The number of hydrogen-bond acceptors (Lipinski definition) is 2. The maximum atomic E-state index is 6.04. The Morgan fingerprint density at radius 1 is 0.941 bits per heavy atom. The second-order valence-electron chi connectivity index (χ2n) is 4.05. The van der Waals surface area contributed by atoms with Crippen LogP contribution in [0.2, 0.25) is 0 Å². The van der Waals surface area contributed by atoms with E-state index in [0.717, 1.165) is 23.3 Å². The molecule has 2 N–H and O–H groups in total. The molecule has 17 heavy (non-hydrogen) atoms. The van der Waals surface area contributed by atoms with E-state index in [9.17, 15) is 0 Å². The third kappa shape index (κ3) is 1.76. The summed E-state index contributed by atoms with van der Waals surface area (Å²) in [4.78, 5) is 4.55. The van der Waals surface area contributed by atoms with Gasteiger partial charge in [-0.1, -0.05) is 42.5 Å². The molecule has 0 spiro atoms. The molecule has 0 saturated carbocycles. The summed E-state index contributed by atoms with van der Waals surface area (Å²) in [7, 11) is 0. The second-order valence-corrected chi connectivity index (χ2v) is 4.05. The van der Waals surface area contributed by atoms with E-state index in [2.05, 4.69) is 17.1 Å². The van der Waals surface area contributed by atoms with Crippen LogP contribution in [0.25, 0.3) is 11.0 Å². The van der Waals surface area contributed by atoms with Crippen molar-refractivity contribution in [1.29, 1.82) is 0 Å². The Kier molecular flexibility index (Phi) is 2.29. The normalized spacial score (nSPS) is 10.8. The van der Waals surface area contributed by atoms with Crippen LogP contribution in [0.15, 0.2) is 54.6 Å². The minimum atomic E-state index is 0.756. The van der Waals surface area contributed by atoms with E-state index < -0.39 is 0 Å². The predicted octanol–water partition coefficient (Wildman–Crippen LogP) is 2.34. The van der Waals surface area contributed by atoms with Gasteiger partial charge in [0.25, 0.3) is 0 Å². The zero-order valence-electron chi connectivity index (χ0n) is 9.38. The molecule has 0 aliphatic carbocycles. The SMILES string of the molecule is Nn1c(Cc2ccccc2)nc2ccccc21. The number of fused-ring (bicyclic) bond motifs is 1. The largest absolute Gasteiger partial charge is 0.337 e. The Morgan fingerprint density at radius 3 is 2.41 bits per heavy atom. The van der Waals surface area contributed by atoms with E-state index in [1.807, 2.05) is 42.5 Å². The van der Waals surface area contributed by atoms with Crippen LogP contribution in [0, 0.1) is 0 Å². The minimum absolute atomic E-state index is 0.756. The molecular formula is C14H13N3. The molecule has 0 amide bonds. The predicted molar refractivity (Wildman–Crippen MR) is 69.1 cm³/mol. The Labute approximate surface area is 99.5 Å².